The average molecular weight is 291 g/mol. The van der Waals surface area contributed by atoms with E-state index in [4.69, 9.17) is 5.73 Å². The second-order valence-electron chi connectivity index (χ2n) is 6.29. The van der Waals surface area contributed by atoms with E-state index in [0.717, 1.165) is 42.3 Å². The lowest BCUT2D eigenvalue weighted by Gasteiger charge is -2.08. The summed E-state index contributed by atoms with van der Waals surface area (Å²) in [7, 11) is 0. The van der Waals surface area contributed by atoms with Crippen molar-refractivity contribution in [3.8, 4) is 0 Å². The van der Waals surface area contributed by atoms with Gasteiger partial charge in [-0.2, -0.15) is 5.10 Å². The summed E-state index contributed by atoms with van der Waals surface area (Å²) in [6, 6.07) is 0. The van der Waals surface area contributed by atoms with Crippen LogP contribution in [-0.4, -0.2) is 19.3 Å². The van der Waals surface area contributed by atoms with Gasteiger partial charge in [0.25, 0.3) is 0 Å². The summed E-state index contributed by atoms with van der Waals surface area (Å²) >= 11 is 0. The highest BCUT2D eigenvalue weighted by Gasteiger charge is 2.16. The molecule has 0 amide bonds. The molecule has 0 aromatic carbocycles. The number of nitrogens with two attached hydrogens (primary N) is 1. The molecular formula is C16H29N5. The van der Waals surface area contributed by atoms with Crippen LogP contribution in [0, 0.1) is 12.8 Å². The smallest absolute Gasteiger partial charge is 0.202 e. The van der Waals surface area contributed by atoms with E-state index in [9.17, 15) is 0 Å². The van der Waals surface area contributed by atoms with Gasteiger partial charge in [-0.3, -0.25) is 4.57 Å². The number of unbranched alkanes of at least 4 members (excludes halogenated alkanes) is 3. The quantitative estimate of drug-likeness (QED) is 0.753. The van der Waals surface area contributed by atoms with Crippen molar-refractivity contribution in [3.63, 3.8) is 0 Å². The van der Waals surface area contributed by atoms with Gasteiger partial charge in [0.05, 0.1) is 5.69 Å². The summed E-state index contributed by atoms with van der Waals surface area (Å²) in [6.45, 7) is 10.5. The predicted molar refractivity (Wildman–Crippen MR) is 88.3 cm³/mol. The van der Waals surface area contributed by atoms with Gasteiger partial charge >= 0.3 is 0 Å². The first-order chi connectivity index (χ1) is 10.0. The number of rotatable bonds is 8. The number of hydrogen-bond acceptors (Lipinski definition) is 3. The van der Waals surface area contributed by atoms with Crippen molar-refractivity contribution in [2.75, 3.05) is 5.73 Å². The van der Waals surface area contributed by atoms with E-state index in [-0.39, 0.29) is 0 Å². The first-order valence-electron chi connectivity index (χ1n) is 8.23. The Bertz CT molecular complexity index is 579. The normalized spacial score (nSPS) is 11.9. The minimum atomic E-state index is 0.620. The number of aryl methyl sites for hydroxylation is 3. The zero-order valence-electron chi connectivity index (χ0n) is 13.9. The van der Waals surface area contributed by atoms with Gasteiger partial charge in [-0.25, -0.2) is 9.67 Å². The molecule has 2 N–H and O–H groups in total. The van der Waals surface area contributed by atoms with Crippen molar-refractivity contribution in [1.82, 2.24) is 19.3 Å². The highest BCUT2D eigenvalue weighted by atomic mass is 15.4. The zero-order valence-corrected chi connectivity index (χ0v) is 13.9. The summed E-state index contributed by atoms with van der Waals surface area (Å²) in [6.07, 6.45) is 6.38. The lowest BCUT2D eigenvalue weighted by molar-refractivity contribution is 0.506. The number of fused-ring (bicyclic) bond motifs is 1. The Morgan fingerprint density at radius 1 is 1.14 bits per heavy atom. The number of imidazole rings is 1. The lowest BCUT2D eigenvalue weighted by atomic mass is 10.0. The van der Waals surface area contributed by atoms with Crippen molar-refractivity contribution in [2.24, 2.45) is 5.92 Å². The largest absolute Gasteiger partial charge is 0.369 e. The van der Waals surface area contributed by atoms with Crippen LogP contribution in [-0.2, 0) is 13.1 Å². The molecule has 2 aromatic rings. The van der Waals surface area contributed by atoms with Crippen LogP contribution in [0.2, 0.25) is 0 Å². The van der Waals surface area contributed by atoms with Crippen LogP contribution < -0.4 is 5.73 Å². The second kappa shape index (κ2) is 6.96. The minimum absolute atomic E-state index is 0.620. The van der Waals surface area contributed by atoms with Crippen molar-refractivity contribution < 1.29 is 0 Å². The summed E-state index contributed by atoms with van der Waals surface area (Å²) < 4.78 is 4.13. The van der Waals surface area contributed by atoms with Crippen LogP contribution in [0.4, 0.5) is 5.95 Å². The van der Waals surface area contributed by atoms with Crippen LogP contribution >= 0.6 is 0 Å². The average Bonchev–Trinajstić information content (AvgIpc) is 2.91. The van der Waals surface area contributed by atoms with Crippen molar-refractivity contribution in [2.45, 2.75) is 72.9 Å². The molecule has 21 heavy (non-hydrogen) atoms. The standard InChI is InChI=1S/C16H29N5/c1-5-21-15-14(13(4)19-21)18-16(17)20(15)11-9-7-6-8-10-12(2)3/h12H,5-11H2,1-4H3,(H2,17,18). The molecule has 2 rings (SSSR count). The van der Waals surface area contributed by atoms with Gasteiger partial charge in [-0.05, 0) is 26.2 Å². The Kier molecular flexibility index (Phi) is 5.26. The highest BCUT2D eigenvalue weighted by molar-refractivity contribution is 5.77. The lowest BCUT2D eigenvalue weighted by Crippen LogP contribution is -2.08. The van der Waals surface area contributed by atoms with E-state index in [2.05, 4.69) is 35.4 Å². The van der Waals surface area contributed by atoms with E-state index < -0.39 is 0 Å². The molecule has 5 nitrogen and oxygen atoms in total. The molecule has 0 fully saturated rings. The third-order valence-corrected chi connectivity index (χ3v) is 4.04. The van der Waals surface area contributed by atoms with Crippen molar-refractivity contribution in [3.05, 3.63) is 5.69 Å². The molecule has 0 radical (unpaired) electrons. The number of nitrogens with zero attached hydrogens (tertiary/aromatic N) is 4. The molecule has 0 spiro atoms. The van der Waals surface area contributed by atoms with Crippen molar-refractivity contribution >= 4 is 17.1 Å². The van der Waals surface area contributed by atoms with Crippen LogP contribution in [0.1, 0.15) is 58.6 Å². The Morgan fingerprint density at radius 3 is 2.52 bits per heavy atom. The topological polar surface area (TPSA) is 61.7 Å². The highest BCUT2D eigenvalue weighted by Crippen LogP contribution is 2.22. The molecule has 5 heteroatoms. The van der Waals surface area contributed by atoms with Crippen LogP contribution in [0.15, 0.2) is 0 Å². The molecule has 2 aromatic heterocycles. The maximum Gasteiger partial charge on any atom is 0.202 e. The number of hydrogen-bond donors (Lipinski definition) is 1. The molecule has 0 bridgehead atoms. The third-order valence-electron chi connectivity index (χ3n) is 4.04. The number of aromatic nitrogens is 4. The molecule has 0 unspecified atom stereocenters. The molecular weight excluding hydrogens is 262 g/mol. The maximum absolute atomic E-state index is 6.08. The summed E-state index contributed by atoms with van der Waals surface area (Å²) in [5.41, 5.74) is 9.08. The molecule has 118 valence electrons. The summed E-state index contributed by atoms with van der Waals surface area (Å²) in [4.78, 5) is 4.48. The van der Waals surface area contributed by atoms with Gasteiger partial charge in [0.1, 0.15) is 5.52 Å². The number of nitrogen functional groups attached to an aromatic ring is 1. The van der Waals surface area contributed by atoms with E-state index in [1.807, 2.05) is 11.6 Å². The Hall–Kier alpha value is -1.52. The monoisotopic (exact) mass is 291 g/mol. The Labute approximate surface area is 127 Å². The number of anilines is 1. The van der Waals surface area contributed by atoms with Crippen LogP contribution in [0.25, 0.3) is 11.2 Å². The van der Waals surface area contributed by atoms with E-state index in [1.54, 1.807) is 0 Å². The molecule has 0 saturated carbocycles. The first-order valence-corrected chi connectivity index (χ1v) is 8.23. The maximum atomic E-state index is 6.08. The Balaban J connectivity index is 1.97. The molecule has 0 saturated heterocycles. The van der Waals surface area contributed by atoms with E-state index >= 15 is 0 Å². The van der Waals surface area contributed by atoms with Crippen LogP contribution in [0.5, 0.6) is 0 Å². The van der Waals surface area contributed by atoms with Gasteiger partial charge < -0.3 is 5.73 Å². The van der Waals surface area contributed by atoms with Gasteiger partial charge in [0.2, 0.25) is 5.95 Å². The van der Waals surface area contributed by atoms with Crippen LogP contribution in [0.3, 0.4) is 0 Å². The summed E-state index contributed by atoms with van der Waals surface area (Å²) in [5, 5.41) is 4.52. The predicted octanol–water partition coefficient (Wildman–Crippen LogP) is 3.75. The summed E-state index contributed by atoms with van der Waals surface area (Å²) in [5.74, 6) is 1.44. The minimum Gasteiger partial charge on any atom is -0.369 e. The molecule has 0 aliphatic heterocycles. The molecule has 2 heterocycles. The molecule has 0 atom stereocenters. The van der Waals surface area contributed by atoms with E-state index in [0.29, 0.717) is 5.95 Å². The third kappa shape index (κ3) is 3.57. The SMILES string of the molecule is CCn1nc(C)c2nc(N)n(CCCCCCC(C)C)c21. The van der Waals surface area contributed by atoms with E-state index in [1.165, 1.54) is 25.7 Å². The van der Waals surface area contributed by atoms with Gasteiger partial charge in [0.15, 0.2) is 5.65 Å². The Morgan fingerprint density at radius 2 is 1.86 bits per heavy atom. The fourth-order valence-electron chi connectivity index (χ4n) is 2.86. The van der Waals surface area contributed by atoms with Crippen molar-refractivity contribution in [1.29, 1.82) is 0 Å². The van der Waals surface area contributed by atoms with Gasteiger partial charge in [-0.1, -0.05) is 39.5 Å². The second-order valence-corrected chi connectivity index (χ2v) is 6.29. The molecule has 0 aliphatic rings. The first kappa shape index (κ1) is 15.9. The van der Waals surface area contributed by atoms with Gasteiger partial charge in [-0.15, -0.1) is 0 Å². The van der Waals surface area contributed by atoms with Gasteiger partial charge in [0, 0.05) is 13.1 Å². The zero-order chi connectivity index (χ0) is 15.4. The molecule has 0 aliphatic carbocycles. The fraction of sp³-hybridized carbons (Fsp3) is 0.750. The fourth-order valence-corrected chi connectivity index (χ4v) is 2.86.